The van der Waals surface area contributed by atoms with Crippen LogP contribution in [0.15, 0.2) is 46.5 Å². The Balaban J connectivity index is 1.21. The lowest BCUT2D eigenvalue weighted by atomic mass is 9.84. The molecule has 0 spiro atoms. The van der Waals surface area contributed by atoms with Crippen LogP contribution in [-0.2, 0) is 19.2 Å². The minimum Gasteiger partial charge on any atom is -0.426 e. The number of halogens is 6. The number of benzene rings is 2. The Bertz CT molecular complexity index is 1610. The Labute approximate surface area is 271 Å². The van der Waals surface area contributed by atoms with Crippen LogP contribution in [0, 0.1) is 38.5 Å². The van der Waals surface area contributed by atoms with Gasteiger partial charge in [0.05, 0.1) is 33.5 Å². The summed E-state index contributed by atoms with van der Waals surface area (Å²) in [5.41, 5.74) is 3.46. The zero-order chi connectivity index (χ0) is 30.7. The van der Waals surface area contributed by atoms with Gasteiger partial charge in [0.2, 0.25) is 17.7 Å². The van der Waals surface area contributed by atoms with Crippen LogP contribution >= 0.6 is 69.6 Å². The summed E-state index contributed by atoms with van der Waals surface area (Å²) in [5.74, 6) is -5.08. The summed E-state index contributed by atoms with van der Waals surface area (Å²) < 4.78 is 3.59. The molecule has 0 radical (unpaired) electrons. The van der Waals surface area contributed by atoms with Gasteiger partial charge in [-0.2, -0.15) is 0 Å². The van der Waals surface area contributed by atoms with Crippen molar-refractivity contribution in [3.8, 4) is 5.75 Å². The number of hydrogen-bond acceptors (Lipinski definition) is 5. The molecule has 2 heterocycles. The summed E-state index contributed by atoms with van der Waals surface area (Å²) >= 11 is 39.4. The predicted molar refractivity (Wildman–Crippen MR) is 163 cm³/mol. The molecule has 2 saturated heterocycles. The summed E-state index contributed by atoms with van der Waals surface area (Å²) in [5, 5.41) is -0.342. The fourth-order valence-corrected chi connectivity index (χ4v) is 9.51. The van der Waals surface area contributed by atoms with Gasteiger partial charge in [-0.15, -0.1) is 23.2 Å². The van der Waals surface area contributed by atoms with Crippen molar-refractivity contribution in [2.75, 3.05) is 16.3 Å². The van der Waals surface area contributed by atoms with Crippen molar-refractivity contribution in [2.24, 2.45) is 17.8 Å². The molecule has 7 nitrogen and oxygen atoms in total. The van der Waals surface area contributed by atoms with Gasteiger partial charge in [-0.25, -0.2) is 4.90 Å². The average Bonchev–Trinajstić information content (AvgIpc) is 3.50. The van der Waals surface area contributed by atoms with E-state index in [1.807, 2.05) is 32.0 Å². The SMILES string of the molecule is Cc1ccc(N2C[C@H](C(=O)Oc3ccc(N4C(=O)[C@@H]5[C@@H](C4=O)[C@@]4(Cl)C(Cl)=C(Cl)[C@@]5(Cl)C4(Cl)Cl)c(C)c3)CC2=O)c(C)c1. The standard InChI is InChI=1S/C29H22Cl6N2O5/c1-12-4-6-17(13(2)8-12)36-11-15(10-19(36)38)26(41)42-16-5-7-18(14(3)9-16)37-24(39)20-21(25(37)40)28(33)23(31)22(30)27(20,32)29(28,34)35/h4-9,15,20-21H,10-11H2,1-3H3/t15-,20+,21+,27-,28-/m1/s1. The number of fused-ring (bicyclic) bond motifs is 5. The van der Waals surface area contributed by atoms with Gasteiger partial charge in [-0.1, -0.05) is 64.1 Å². The highest BCUT2D eigenvalue weighted by atomic mass is 35.5. The van der Waals surface area contributed by atoms with Crippen molar-refractivity contribution in [1.29, 1.82) is 0 Å². The minimum absolute atomic E-state index is 0.0188. The zero-order valence-electron chi connectivity index (χ0n) is 22.3. The van der Waals surface area contributed by atoms with Crippen LogP contribution in [0.1, 0.15) is 23.1 Å². The van der Waals surface area contributed by atoms with Gasteiger partial charge in [-0.05, 0) is 56.2 Å². The van der Waals surface area contributed by atoms with Crippen LogP contribution in [0.25, 0.3) is 0 Å². The second-order valence-corrected chi connectivity index (χ2v) is 14.4. The van der Waals surface area contributed by atoms with Gasteiger partial charge >= 0.3 is 5.97 Å². The average molecular weight is 691 g/mol. The second kappa shape index (κ2) is 9.75. The Hall–Kier alpha value is -2.00. The molecule has 220 valence electrons. The molecule has 2 aromatic rings. The number of rotatable bonds is 4. The Morgan fingerprint density at radius 1 is 0.833 bits per heavy atom. The number of ether oxygens (including phenoxy) is 1. The molecule has 3 fully saturated rings. The van der Waals surface area contributed by atoms with E-state index in [1.165, 1.54) is 18.2 Å². The Morgan fingerprint density at radius 2 is 1.38 bits per heavy atom. The number of carbonyl (C=O) groups excluding carboxylic acids is 4. The normalized spacial score (nSPS) is 31.5. The summed E-state index contributed by atoms with van der Waals surface area (Å²) in [4.78, 5) is 51.9. The van der Waals surface area contributed by atoms with Crippen LogP contribution in [0.4, 0.5) is 11.4 Å². The maximum atomic E-state index is 13.7. The molecule has 3 amide bonds. The summed E-state index contributed by atoms with van der Waals surface area (Å²) in [6.07, 6.45) is 0.0188. The van der Waals surface area contributed by atoms with Gasteiger partial charge in [0.1, 0.15) is 15.5 Å². The van der Waals surface area contributed by atoms with Crippen molar-refractivity contribution in [3.63, 3.8) is 0 Å². The van der Waals surface area contributed by atoms with Crippen LogP contribution in [0.5, 0.6) is 5.75 Å². The van der Waals surface area contributed by atoms with Crippen LogP contribution in [0.2, 0.25) is 0 Å². The molecule has 2 aromatic carbocycles. The first-order valence-corrected chi connectivity index (χ1v) is 15.2. The molecule has 0 N–H and O–H groups in total. The molecule has 2 aliphatic heterocycles. The maximum Gasteiger partial charge on any atom is 0.316 e. The highest BCUT2D eigenvalue weighted by Gasteiger charge is 2.87. The van der Waals surface area contributed by atoms with Crippen LogP contribution in [0.3, 0.4) is 0 Å². The quantitative estimate of drug-likeness (QED) is 0.158. The summed E-state index contributed by atoms with van der Waals surface area (Å²) in [6, 6.07) is 10.2. The second-order valence-electron chi connectivity index (χ2n) is 11.2. The van der Waals surface area contributed by atoms with E-state index in [2.05, 4.69) is 0 Å². The van der Waals surface area contributed by atoms with Crippen molar-refractivity contribution >= 4 is 105 Å². The lowest BCUT2D eigenvalue weighted by molar-refractivity contribution is -0.139. The van der Waals surface area contributed by atoms with E-state index in [0.717, 1.165) is 21.7 Å². The van der Waals surface area contributed by atoms with Gasteiger partial charge in [0.25, 0.3) is 0 Å². The first kappa shape index (κ1) is 30.0. The number of esters is 1. The molecule has 4 aliphatic rings. The first-order valence-electron chi connectivity index (χ1n) is 13.0. The molecule has 2 bridgehead atoms. The third-order valence-corrected chi connectivity index (χ3v) is 12.9. The summed E-state index contributed by atoms with van der Waals surface area (Å²) in [6.45, 7) is 5.73. The van der Waals surface area contributed by atoms with Crippen molar-refractivity contribution in [2.45, 2.75) is 41.3 Å². The number of nitrogens with zero attached hydrogens (tertiary/aromatic N) is 2. The monoisotopic (exact) mass is 688 g/mol. The number of allylic oxidation sites excluding steroid dienone is 2. The van der Waals surface area contributed by atoms with Gasteiger partial charge < -0.3 is 9.64 Å². The van der Waals surface area contributed by atoms with Crippen molar-refractivity contribution in [1.82, 2.24) is 0 Å². The third-order valence-electron chi connectivity index (χ3n) is 8.64. The molecular weight excluding hydrogens is 669 g/mol. The summed E-state index contributed by atoms with van der Waals surface area (Å²) in [7, 11) is 0. The van der Waals surface area contributed by atoms with E-state index >= 15 is 0 Å². The van der Waals surface area contributed by atoms with E-state index in [9.17, 15) is 19.2 Å². The first-order chi connectivity index (χ1) is 19.6. The van der Waals surface area contributed by atoms with Crippen molar-refractivity contribution in [3.05, 3.63) is 63.2 Å². The molecule has 42 heavy (non-hydrogen) atoms. The maximum absolute atomic E-state index is 13.7. The molecule has 5 atom stereocenters. The fraction of sp³-hybridized carbons (Fsp3) is 0.379. The lowest BCUT2D eigenvalue weighted by Gasteiger charge is -2.34. The number of alkyl halides is 4. The van der Waals surface area contributed by atoms with Crippen molar-refractivity contribution < 1.29 is 23.9 Å². The lowest BCUT2D eigenvalue weighted by Crippen LogP contribution is -2.50. The van der Waals surface area contributed by atoms with E-state index in [-0.39, 0.29) is 40.4 Å². The third kappa shape index (κ3) is 3.74. The highest BCUT2D eigenvalue weighted by molar-refractivity contribution is 6.67. The number of amides is 3. The smallest absolute Gasteiger partial charge is 0.316 e. The molecule has 0 unspecified atom stereocenters. The molecule has 2 aliphatic carbocycles. The van der Waals surface area contributed by atoms with Crippen LogP contribution in [-0.4, -0.2) is 44.3 Å². The zero-order valence-corrected chi connectivity index (χ0v) is 26.8. The minimum atomic E-state index is -2.02. The van der Waals surface area contributed by atoms with Gasteiger partial charge in [-0.3, -0.25) is 19.2 Å². The number of hydrogen-bond donors (Lipinski definition) is 0. The predicted octanol–water partition coefficient (Wildman–Crippen LogP) is 6.52. The van der Waals surface area contributed by atoms with E-state index in [0.29, 0.717) is 5.56 Å². The molecule has 13 heteroatoms. The molecule has 6 rings (SSSR count). The Kier molecular flexibility index (Phi) is 6.97. The van der Waals surface area contributed by atoms with E-state index in [1.54, 1.807) is 11.8 Å². The number of anilines is 2. The van der Waals surface area contributed by atoms with E-state index < -0.39 is 49.6 Å². The van der Waals surface area contributed by atoms with Gasteiger partial charge in [0, 0.05) is 18.7 Å². The molecular formula is C29H22Cl6N2O5. The number of aryl methyl sites for hydroxylation is 3. The topological polar surface area (TPSA) is 84.0 Å². The van der Waals surface area contributed by atoms with E-state index in [4.69, 9.17) is 74.3 Å². The van der Waals surface area contributed by atoms with Gasteiger partial charge in [0.15, 0.2) is 4.33 Å². The van der Waals surface area contributed by atoms with Crippen LogP contribution < -0.4 is 14.5 Å². The molecule has 1 saturated carbocycles. The Morgan fingerprint density at radius 3 is 1.93 bits per heavy atom. The highest BCUT2D eigenvalue weighted by Crippen LogP contribution is 2.77. The number of carbonyl (C=O) groups is 4. The number of imide groups is 1. The fourth-order valence-electron chi connectivity index (χ4n) is 6.58. The molecule has 0 aromatic heterocycles. The largest absolute Gasteiger partial charge is 0.426 e.